The van der Waals surface area contributed by atoms with Gasteiger partial charge < -0.3 is 10.1 Å². The van der Waals surface area contributed by atoms with E-state index in [1.54, 1.807) is 11.3 Å². The number of ether oxygens (including phenoxy) is 1. The lowest BCUT2D eigenvalue weighted by atomic mass is 10.1. The van der Waals surface area contributed by atoms with Crippen LogP contribution in [0.2, 0.25) is 0 Å². The highest BCUT2D eigenvalue weighted by molar-refractivity contribution is 7.09. The molecule has 2 aromatic heterocycles. The molecular weight excluding hydrogens is 262 g/mol. The van der Waals surface area contributed by atoms with Crippen LogP contribution in [-0.2, 0) is 24.4 Å². The van der Waals surface area contributed by atoms with Crippen molar-refractivity contribution in [2.75, 3.05) is 13.2 Å². The first-order valence-corrected chi connectivity index (χ1v) is 7.26. The van der Waals surface area contributed by atoms with E-state index in [9.17, 15) is 0 Å². The lowest BCUT2D eigenvalue weighted by molar-refractivity contribution is 0.0936. The van der Waals surface area contributed by atoms with Gasteiger partial charge in [0.05, 0.1) is 24.6 Å². The van der Waals surface area contributed by atoms with E-state index in [4.69, 9.17) is 4.74 Å². The van der Waals surface area contributed by atoms with E-state index in [1.165, 1.54) is 0 Å². The monoisotopic (exact) mass is 279 g/mol. The Morgan fingerprint density at radius 1 is 1.58 bits per heavy atom. The number of aromatic nitrogens is 4. The summed E-state index contributed by atoms with van der Waals surface area (Å²) in [5, 5.41) is 14.8. The fourth-order valence-electron chi connectivity index (χ4n) is 2.21. The molecule has 6 nitrogen and oxygen atoms in total. The van der Waals surface area contributed by atoms with Crippen molar-refractivity contribution in [3.63, 3.8) is 0 Å². The molecular formula is C12H17N5OS. The van der Waals surface area contributed by atoms with Gasteiger partial charge in [0.15, 0.2) is 0 Å². The number of nitrogens with one attached hydrogen (secondary N) is 1. The predicted molar refractivity (Wildman–Crippen MR) is 71.7 cm³/mol. The van der Waals surface area contributed by atoms with Crippen LogP contribution in [0.4, 0.5) is 0 Å². The van der Waals surface area contributed by atoms with E-state index < -0.39 is 0 Å². The molecule has 0 aromatic carbocycles. The lowest BCUT2D eigenvalue weighted by Crippen LogP contribution is -2.28. The minimum absolute atomic E-state index is 0.419. The minimum Gasteiger partial charge on any atom is -0.375 e. The van der Waals surface area contributed by atoms with Crippen LogP contribution in [0, 0.1) is 12.8 Å². The summed E-state index contributed by atoms with van der Waals surface area (Å²) in [6.07, 6.45) is 1.83. The summed E-state index contributed by atoms with van der Waals surface area (Å²) < 4.78 is 7.68. The van der Waals surface area contributed by atoms with Gasteiger partial charge >= 0.3 is 0 Å². The Morgan fingerprint density at radius 3 is 3.37 bits per heavy atom. The van der Waals surface area contributed by atoms with E-state index >= 15 is 0 Å². The minimum atomic E-state index is 0.419. The molecule has 2 aromatic rings. The summed E-state index contributed by atoms with van der Waals surface area (Å²) in [5.41, 5.74) is 2.07. The van der Waals surface area contributed by atoms with Gasteiger partial charge in [0.1, 0.15) is 5.01 Å². The molecule has 0 saturated carbocycles. The van der Waals surface area contributed by atoms with E-state index in [-0.39, 0.29) is 0 Å². The molecule has 1 aliphatic rings. The summed E-state index contributed by atoms with van der Waals surface area (Å²) in [7, 11) is 0. The molecule has 0 unspecified atom stereocenters. The summed E-state index contributed by atoms with van der Waals surface area (Å²) >= 11 is 1.67. The summed E-state index contributed by atoms with van der Waals surface area (Å²) in [6, 6.07) is 0. The molecule has 102 valence electrons. The van der Waals surface area contributed by atoms with Crippen molar-refractivity contribution >= 4 is 11.3 Å². The molecule has 0 saturated heterocycles. The van der Waals surface area contributed by atoms with Crippen molar-refractivity contribution in [1.29, 1.82) is 0 Å². The van der Waals surface area contributed by atoms with E-state index in [0.29, 0.717) is 12.5 Å². The first kappa shape index (κ1) is 12.7. The van der Waals surface area contributed by atoms with E-state index in [1.807, 2.05) is 23.2 Å². The Hall–Kier alpha value is -1.31. The van der Waals surface area contributed by atoms with Crippen molar-refractivity contribution in [1.82, 2.24) is 25.3 Å². The normalized spacial score (nSPS) is 19.1. The third-order valence-corrected chi connectivity index (χ3v) is 4.03. The second-order valence-electron chi connectivity index (χ2n) is 4.74. The number of nitrogens with zero attached hydrogens (tertiary/aromatic N) is 4. The summed E-state index contributed by atoms with van der Waals surface area (Å²) in [5.74, 6) is 0.419. The largest absolute Gasteiger partial charge is 0.375 e. The maximum absolute atomic E-state index is 5.71. The predicted octanol–water partition coefficient (Wildman–Crippen LogP) is 0.979. The van der Waals surface area contributed by atoms with Crippen LogP contribution in [0.3, 0.4) is 0 Å². The van der Waals surface area contributed by atoms with Gasteiger partial charge in [-0.2, -0.15) is 0 Å². The first-order chi connectivity index (χ1) is 9.33. The van der Waals surface area contributed by atoms with Crippen molar-refractivity contribution in [2.24, 2.45) is 5.92 Å². The number of aryl methyl sites for hydroxylation is 1. The smallest absolute Gasteiger partial charge is 0.106 e. The number of hydrogen-bond donors (Lipinski definition) is 1. The van der Waals surface area contributed by atoms with Crippen LogP contribution < -0.4 is 5.32 Å². The molecule has 0 radical (unpaired) electrons. The number of fused-ring (bicyclic) bond motifs is 1. The van der Waals surface area contributed by atoms with Gasteiger partial charge in [-0.05, 0) is 6.92 Å². The van der Waals surface area contributed by atoms with Gasteiger partial charge in [-0.15, -0.1) is 16.4 Å². The molecule has 3 rings (SSSR count). The third kappa shape index (κ3) is 2.99. The molecule has 0 aliphatic carbocycles. The maximum Gasteiger partial charge on any atom is 0.106 e. The van der Waals surface area contributed by atoms with Crippen LogP contribution in [-0.4, -0.2) is 33.1 Å². The Kier molecular flexibility index (Phi) is 3.86. The summed E-state index contributed by atoms with van der Waals surface area (Å²) in [4.78, 5) is 4.25. The van der Waals surface area contributed by atoms with E-state index in [0.717, 1.165) is 42.6 Å². The molecule has 0 amide bonds. The standard InChI is InChI=1S/C12H17N5OS/c1-9-11-8-18-7-10(6-17(11)16-15-9)4-13-5-12-14-2-3-19-12/h2-3,10,13H,4-8H2,1H3/t10-/m1/s1. The summed E-state index contributed by atoms with van der Waals surface area (Å²) in [6.45, 7) is 5.93. The van der Waals surface area contributed by atoms with Gasteiger partial charge in [-0.1, -0.05) is 5.21 Å². The lowest BCUT2D eigenvalue weighted by Gasteiger charge is -2.14. The van der Waals surface area contributed by atoms with E-state index in [2.05, 4.69) is 20.6 Å². The zero-order valence-corrected chi connectivity index (χ0v) is 11.7. The molecule has 7 heteroatoms. The maximum atomic E-state index is 5.71. The quantitative estimate of drug-likeness (QED) is 0.904. The first-order valence-electron chi connectivity index (χ1n) is 6.38. The fraction of sp³-hybridized carbons (Fsp3) is 0.583. The van der Waals surface area contributed by atoms with Gasteiger partial charge in [-0.25, -0.2) is 9.67 Å². The molecule has 3 heterocycles. The Labute approximate surface area is 115 Å². The van der Waals surface area contributed by atoms with Gasteiger partial charge in [-0.3, -0.25) is 0 Å². The van der Waals surface area contributed by atoms with Crippen LogP contribution in [0.15, 0.2) is 11.6 Å². The highest BCUT2D eigenvalue weighted by atomic mass is 32.1. The number of hydrogen-bond acceptors (Lipinski definition) is 6. The van der Waals surface area contributed by atoms with Gasteiger partial charge in [0, 0.05) is 37.1 Å². The van der Waals surface area contributed by atoms with Crippen molar-refractivity contribution < 1.29 is 4.74 Å². The average molecular weight is 279 g/mol. The van der Waals surface area contributed by atoms with Crippen LogP contribution in [0.5, 0.6) is 0 Å². The molecule has 19 heavy (non-hydrogen) atoms. The fourth-order valence-corrected chi connectivity index (χ4v) is 2.80. The molecule has 0 fully saturated rings. The van der Waals surface area contributed by atoms with Gasteiger partial charge in [0.25, 0.3) is 0 Å². The van der Waals surface area contributed by atoms with Crippen LogP contribution in [0.25, 0.3) is 0 Å². The van der Waals surface area contributed by atoms with Crippen LogP contribution in [0.1, 0.15) is 16.4 Å². The zero-order chi connectivity index (χ0) is 13.1. The van der Waals surface area contributed by atoms with Crippen molar-refractivity contribution in [2.45, 2.75) is 26.6 Å². The molecule has 1 N–H and O–H groups in total. The highest BCUT2D eigenvalue weighted by Crippen LogP contribution is 2.14. The highest BCUT2D eigenvalue weighted by Gasteiger charge is 2.19. The SMILES string of the molecule is Cc1nnn2c1COC[C@H](CNCc1nccs1)C2. The topological polar surface area (TPSA) is 64.9 Å². The average Bonchev–Trinajstić information content (AvgIpc) is 2.97. The molecule has 0 bridgehead atoms. The van der Waals surface area contributed by atoms with Crippen LogP contribution >= 0.6 is 11.3 Å². The number of rotatable bonds is 4. The molecule has 1 atom stereocenters. The van der Waals surface area contributed by atoms with Crippen molar-refractivity contribution in [3.05, 3.63) is 28.0 Å². The Bertz CT molecular complexity index is 524. The molecule has 1 aliphatic heterocycles. The Morgan fingerprint density at radius 2 is 2.53 bits per heavy atom. The Balaban J connectivity index is 1.54. The second kappa shape index (κ2) is 5.77. The molecule has 0 spiro atoms. The zero-order valence-electron chi connectivity index (χ0n) is 10.9. The van der Waals surface area contributed by atoms with Crippen molar-refractivity contribution in [3.8, 4) is 0 Å². The van der Waals surface area contributed by atoms with Gasteiger partial charge in [0.2, 0.25) is 0 Å². The third-order valence-electron chi connectivity index (χ3n) is 3.25. The second-order valence-corrected chi connectivity index (χ2v) is 5.72. The number of thiazole rings is 1.